The van der Waals surface area contributed by atoms with Crippen molar-refractivity contribution in [3.05, 3.63) is 15.6 Å². The molecule has 1 N–H and O–H groups in total. The predicted molar refractivity (Wildman–Crippen MR) is 81.6 cm³/mol. The Balaban J connectivity index is 1.91. The van der Waals surface area contributed by atoms with Gasteiger partial charge >= 0.3 is 0 Å². The van der Waals surface area contributed by atoms with Gasteiger partial charge < -0.3 is 10.2 Å². The Kier molecular flexibility index (Phi) is 3.58. The summed E-state index contributed by atoms with van der Waals surface area (Å²) in [5.41, 5.74) is 0.927. The summed E-state index contributed by atoms with van der Waals surface area (Å²) in [4.78, 5) is 20.5. The molecule has 2 fully saturated rings. The molecule has 0 spiro atoms. The van der Waals surface area contributed by atoms with Crippen molar-refractivity contribution in [1.82, 2.24) is 15.2 Å². The number of carbonyl (C=O) groups is 1. The molecule has 5 heteroatoms. The van der Waals surface area contributed by atoms with Crippen LogP contribution >= 0.6 is 11.3 Å². The summed E-state index contributed by atoms with van der Waals surface area (Å²) in [5.74, 6) is 0.798. The number of carbonyl (C=O) groups excluding carboxylic acids is 1. The largest absolute Gasteiger partial charge is 0.335 e. The maximum absolute atomic E-state index is 12.8. The van der Waals surface area contributed by atoms with Crippen LogP contribution in [0.4, 0.5) is 0 Å². The topological polar surface area (TPSA) is 45.2 Å². The third-order valence-corrected chi connectivity index (χ3v) is 5.09. The Hall–Kier alpha value is -0.940. The monoisotopic (exact) mass is 293 g/mol. The van der Waals surface area contributed by atoms with Crippen LogP contribution in [0.15, 0.2) is 0 Å². The smallest absolute Gasteiger partial charge is 0.265 e. The van der Waals surface area contributed by atoms with E-state index < -0.39 is 0 Å². The lowest BCUT2D eigenvalue weighted by Crippen LogP contribution is -2.46. The zero-order chi connectivity index (χ0) is 14.3. The lowest BCUT2D eigenvalue weighted by molar-refractivity contribution is 0.0738. The van der Waals surface area contributed by atoms with Crippen LogP contribution in [-0.4, -0.2) is 42.0 Å². The van der Waals surface area contributed by atoms with E-state index in [4.69, 9.17) is 4.98 Å². The van der Waals surface area contributed by atoms with Crippen LogP contribution in [0.25, 0.3) is 0 Å². The van der Waals surface area contributed by atoms with Crippen LogP contribution in [0.2, 0.25) is 0 Å². The van der Waals surface area contributed by atoms with Crippen molar-refractivity contribution in [3.63, 3.8) is 0 Å². The summed E-state index contributed by atoms with van der Waals surface area (Å²) in [7, 11) is 0. The maximum atomic E-state index is 12.8. The van der Waals surface area contributed by atoms with E-state index in [0.717, 1.165) is 36.8 Å². The molecule has 2 heterocycles. The standard InChI is InChI=1S/C15H23N3OS/c1-15(2,3)12-11(20-13(17-12)10-4-5-10)14(19)18-8-6-16-7-9-18/h10,16H,4-9H2,1-3H3. The molecule has 1 aromatic rings. The number of thiazole rings is 1. The number of rotatable bonds is 2. The zero-order valence-electron chi connectivity index (χ0n) is 12.5. The van der Waals surface area contributed by atoms with E-state index in [9.17, 15) is 4.79 Å². The number of nitrogens with one attached hydrogen (secondary N) is 1. The minimum Gasteiger partial charge on any atom is -0.335 e. The third-order valence-electron chi connectivity index (χ3n) is 3.88. The average molecular weight is 293 g/mol. The summed E-state index contributed by atoms with van der Waals surface area (Å²) in [6.07, 6.45) is 2.47. The molecule has 0 radical (unpaired) electrons. The molecule has 110 valence electrons. The Morgan fingerprint density at radius 2 is 1.95 bits per heavy atom. The van der Waals surface area contributed by atoms with Crippen molar-refractivity contribution in [2.75, 3.05) is 26.2 Å². The lowest BCUT2D eigenvalue weighted by Gasteiger charge is -2.28. The molecule has 1 saturated carbocycles. The van der Waals surface area contributed by atoms with Gasteiger partial charge in [0, 0.05) is 37.5 Å². The highest BCUT2D eigenvalue weighted by Gasteiger charge is 2.34. The molecule has 3 rings (SSSR count). The van der Waals surface area contributed by atoms with E-state index in [1.165, 1.54) is 17.8 Å². The second-order valence-corrected chi connectivity index (χ2v) is 7.83. The Morgan fingerprint density at radius 1 is 1.30 bits per heavy atom. The summed E-state index contributed by atoms with van der Waals surface area (Å²) >= 11 is 1.64. The lowest BCUT2D eigenvalue weighted by atomic mass is 9.91. The maximum Gasteiger partial charge on any atom is 0.265 e. The molecular formula is C15H23N3OS. The first-order valence-electron chi connectivity index (χ1n) is 7.48. The molecule has 2 aliphatic rings. The number of hydrogen-bond donors (Lipinski definition) is 1. The number of amides is 1. The van der Waals surface area contributed by atoms with E-state index in [-0.39, 0.29) is 11.3 Å². The molecule has 1 saturated heterocycles. The fourth-order valence-corrected chi connectivity index (χ4v) is 3.92. The highest BCUT2D eigenvalue weighted by molar-refractivity contribution is 7.14. The van der Waals surface area contributed by atoms with Crippen molar-refractivity contribution in [3.8, 4) is 0 Å². The molecule has 1 aliphatic heterocycles. The van der Waals surface area contributed by atoms with Crippen molar-refractivity contribution in [2.45, 2.75) is 44.9 Å². The van der Waals surface area contributed by atoms with E-state index >= 15 is 0 Å². The zero-order valence-corrected chi connectivity index (χ0v) is 13.3. The van der Waals surface area contributed by atoms with Gasteiger partial charge in [0.2, 0.25) is 0 Å². The highest BCUT2D eigenvalue weighted by atomic mass is 32.1. The van der Waals surface area contributed by atoms with E-state index in [2.05, 4.69) is 26.1 Å². The van der Waals surface area contributed by atoms with Crippen molar-refractivity contribution >= 4 is 17.2 Å². The van der Waals surface area contributed by atoms with Gasteiger partial charge in [0.05, 0.1) is 10.7 Å². The molecule has 1 aromatic heterocycles. The first-order valence-corrected chi connectivity index (χ1v) is 8.29. The van der Waals surface area contributed by atoms with Crippen molar-refractivity contribution in [1.29, 1.82) is 0 Å². The van der Waals surface area contributed by atoms with Gasteiger partial charge in [-0.25, -0.2) is 4.98 Å². The molecule has 20 heavy (non-hydrogen) atoms. The summed E-state index contributed by atoms with van der Waals surface area (Å²) < 4.78 is 0. The van der Waals surface area contributed by atoms with Gasteiger partial charge in [-0.05, 0) is 12.8 Å². The van der Waals surface area contributed by atoms with Gasteiger partial charge in [-0.15, -0.1) is 11.3 Å². The fourth-order valence-electron chi connectivity index (χ4n) is 2.51. The van der Waals surface area contributed by atoms with E-state index in [0.29, 0.717) is 5.92 Å². The SMILES string of the molecule is CC(C)(C)c1nc(C2CC2)sc1C(=O)N1CCNCC1. The van der Waals surface area contributed by atoms with Crippen LogP contribution in [0.5, 0.6) is 0 Å². The number of piperazine rings is 1. The molecule has 1 amide bonds. The molecule has 0 atom stereocenters. The van der Waals surface area contributed by atoms with E-state index in [1.54, 1.807) is 11.3 Å². The minimum atomic E-state index is -0.0668. The van der Waals surface area contributed by atoms with Gasteiger partial charge in [-0.2, -0.15) is 0 Å². The van der Waals surface area contributed by atoms with Gasteiger partial charge in [0.1, 0.15) is 4.88 Å². The van der Waals surface area contributed by atoms with E-state index in [1.807, 2.05) is 4.90 Å². The molecule has 0 bridgehead atoms. The second kappa shape index (κ2) is 5.11. The van der Waals surface area contributed by atoms with Gasteiger partial charge in [0.15, 0.2) is 0 Å². The first kappa shape index (κ1) is 14.0. The molecular weight excluding hydrogens is 270 g/mol. The van der Waals surface area contributed by atoms with Gasteiger partial charge in [-0.3, -0.25) is 4.79 Å². The van der Waals surface area contributed by atoms with Crippen LogP contribution in [0, 0.1) is 0 Å². The fraction of sp³-hybridized carbons (Fsp3) is 0.733. The highest BCUT2D eigenvalue weighted by Crippen LogP contribution is 2.44. The molecule has 0 aromatic carbocycles. The van der Waals surface area contributed by atoms with Crippen molar-refractivity contribution in [2.24, 2.45) is 0 Å². The first-order chi connectivity index (χ1) is 9.47. The molecule has 1 aliphatic carbocycles. The van der Waals surface area contributed by atoms with Crippen LogP contribution < -0.4 is 5.32 Å². The van der Waals surface area contributed by atoms with Crippen LogP contribution in [-0.2, 0) is 5.41 Å². The Bertz CT molecular complexity index is 508. The molecule has 4 nitrogen and oxygen atoms in total. The van der Waals surface area contributed by atoms with Crippen LogP contribution in [0.1, 0.15) is 59.9 Å². The average Bonchev–Trinajstić information content (AvgIpc) is 3.16. The normalized spacial score (nSPS) is 20.2. The number of hydrogen-bond acceptors (Lipinski definition) is 4. The van der Waals surface area contributed by atoms with Crippen molar-refractivity contribution < 1.29 is 4.79 Å². The third kappa shape index (κ3) is 2.74. The molecule has 0 unspecified atom stereocenters. The minimum absolute atomic E-state index is 0.0668. The van der Waals surface area contributed by atoms with Gasteiger partial charge in [-0.1, -0.05) is 20.8 Å². The Morgan fingerprint density at radius 3 is 2.50 bits per heavy atom. The number of aromatic nitrogens is 1. The van der Waals surface area contributed by atoms with Gasteiger partial charge in [0.25, 0.3) is 5.91 Å². The van der Waals surface area contributed by atoms with Crippen LogP contribution in [0.3, 0.4) is 0 Å². The predicted octanol–water partition coefficient (Wildman–Crippen LogP) is 2.36. The number of nitrogens with zero attached hydrogens (tertiary/aromatic N) is 2. The quantitative estimate of drug-likeness (QED) is 0.910. The Labute approximate surface area is 124 Å². The summed E-state index contributed by atoms with van der Waals surface area (Å²) in [6.45, 7) is 9.84. The summed E-state index contributed by atoms with van der Waals surface area (Å²) in [5, 5.41) is 4.47. The summed E-state index contributed by atoms with van der Waals surface area (Å²) in [6, 6.07) is 0. The second-order valence-electron chi connectivity index (χ2n) is 6.80.